The molecule has 0 bridgehead atoms. The Balaban J connectivity index is 1.71. The van der Waals surface area contributed by atoms with E-state index in [1.807, 2.05) is 0 Å². The van der Waals surface area contributed by atoms with E-state index in [1.165, 1.54) is 11.0 Å². The summed E-state index contributed by atoms with van der Waals surface area (Å²) in [6, 6.07) is 13.2. The van der Waals surface area contributed by atoms with Crippen molar-refractivity contribution in [2.75, 3.05) is 18.4 Å². The van der Waals surface area contributed by atoms with Crippen LogP contribution in [0.1, 0.15) is 22.3 Å². The Morgan fingerprint density at radius 2 is 1.96 bits per heavy atom. The van der Waals surface area contributed by atoms with Gasteiger partial charge >= 0.3 is 0 Å². The first-order valence-electron chi connectivity index (χ1n) is 8.19. The van der Waals surface area contributed by atoms with Gasteiger partial charge < -0.3 is 10.2 Å². The third-order valence-electron chi connectivity index (χ3n) is 4.43. The highest BCUT2D eigenvalue weighted by atomic mass is 35.5. The van der Waals surface area contributed by atoms with Crippen LogP contribution in [0.2, 0.25) is 5.02 Å². The Hall–Kier alpha value is -2.66. The number of benzene rings is 2. The molecule has 134 valence electrons. The molecule has 1 aliphatic heterocycles. The lowest BCUT2D eigenvalue weighted by molar-refractivity contribution is -0.111. The Kier molecular flexibility index (Phi) is 5.09. The second kappa shape index (κ2) is 7.30. The van der Waals surface area contributed by atoms with Crippen LogP contribution in [-0.2, 0) is 10.5 Å². The summed E-state index contributed by atoms with van der Waals surface area (Å²) in [7, 11) is 0. The molecule has 0 radical (unpaired) electrons. The molecule has 1 heterocycles. The fourth-order valence-electron chi connectivity index (χ4n) is 3.02. The summed E-state index contributed by atoms with van der Waals surface area (Å²) in [5, 5.41) is 3.09. The van der Waals surface area contributed by atoms with Crippen LogP contribution < -0.4 is 5.32 Å². The molecule has 0 aromatic heterocycles. The Labute approximate surface area is 156 Å². The van der Waals surface area contributed by atoms with Gasteiger partial charge in [0, 0.05) is 29.2 Å². The van der Waals surface area contributed by atoms with Crippen LogP contribution >= 0.6 is 11.6 Å². The summed E-state index contributed by atoms with van der Waals surface area (Å²) >= 11 is 5.96. The summed E-state index contributed by atoms with van der Waals surface area (Å²) < 4.78 is 15.3. The van der Waals surface area contributed by atoms with Crippen LogP contribution in [-0.4, -0.2) is 29.8 Å². The van der Waals surface area contributed by atoms with Crippen molar-refractivity contribution < 1.29 is 14.0 Å². The molecular weight excluding hydrogens is 355 g/mol. The molecule has 3 rings (SSSR count). The molecule has 26 heavy (non-hydrogen) atoms. The van der Waals surface area contributed by atoms with E-state index in [2.05, 4.69) is 11.9 Å². The number of rotatable bonds is 4. The van der Waals surface area contributed by atoms with Gasteiger partial charge in [0.05, 0.1) is 6.54 Å². The van der Waals surface area contributed by atoms with Gasteiger partial charge in [-0.05, 0) is 48.0 Å². The number of alkyl halides is 1. The molecule has 1 unspecified atom stereocenters. The third kappa shape index (κ3) is 3.78. The first-order chi connectivity index (χ1) is 12.4. The molecular formula is C20H18ClFN2O2. The van der Waals surface area contributed by atoms with Crippen LogP contribution in [0.3, 0.4) is 0 Å². The molecule has 1 saturated heterocycles. The van der Waals surface area contributed by atoms with Crippen molar-refractivity contribution in [3.05, 3.63) is 77.3 Å². The van der Waals surface area contributed by atoms with Crippen LogP contribution in [0, 0.1) is 0 Å². The number of carbonyl (C=O) groups is 2. The van der Waals surface area contributed by atoms with Crippen molar-refractivity contribution in [1.29, 1.82) is 0 Å². The van der Waals surface area contributed by atoms with Gasteiger partial charge in [-0.2, -0.15) is 0 Å². The molecule has 0 saturated carbocycles. The first-order valence-corrected chi connectivity index (χ1v) is 8.57. The Bertz CT molecular complexity index is 853. The van der Waals surface area contributed by atoms with Gasteiger partial charge in [0.2, 0.25) is 5.91 Å². The second-order valence-corrected chi connectivity index (χ2v) is 6.66. The lowest BCUT2D eigenvalue weighted by Crippen LogP contribution is -2.32. The van der Waals surface area contributed by atoms with Crippen molar-refractivity contribution in [2.24, 2.45) is 0 Å². The van der Waals surface area contributed by atoms with Crippen molar-refractivity contribution in [3.8, 4) is 0 Å². The predicted octanol–water partition coefficient (Wildman–Crippen LogP) is 4.18. The van der Waals surface area contributed by atoms with Crippen molar-refractivity contribution in [3.63, 3.8) is 0 Å². The molecule has 0 aliphatic carbocycles. The zero-order valence-electron chi connectivity index (χ0n) is 14.0. The standard InChI is InChI=1S/C20H18ClFN2O2/c1-2-18(25)23-17-8-6-14(7-9-17)19(26)24-11-10-20(22,13-24)15-4-3-5-16(21)12-15/h2-9,12H,1,10-11,13H2,(H,23,25). The van der Waals surface area contributed by atoms with Gasteiger partial charge in [0.1, 0.15) is 0 Å². The van der Waals surface area contributed by atoms with Gasteiger partial charge in [-0.15, -0.1) is 0 Å². The van der Waals surface area contributed by atoms with Crippen molar-refractivity contribution >= 4 is 29.1 Å². The number of amides is 2. The SMILES string of the molecule is C=CC(=O)Nc1ccc(C(=O)N2CCC(F)(c3cccc(Cl)c3)C2)cc1. The molecule has 1 atom stereocenters. The van der Waals surface area contributed by atoms with Gasteiger partial charge in [0.25, 0.3) is 5.91 Å². The van der Waals surface area contributed by atoms with Crippen LogP contribution in [0.15, 0.2) is 61.2 Å². The fourth-order valence-corrected chi connectivity index (χ4v) is 3.21. The highest BCUT2D eigenvalue weighted by Gasteiger charge is 2.42. The minimum atomic E-state index is -1.60. The minimum absolute atomic E-state index is 0.0128. The van der Waals surface area contributed by atoms with Crippen LogP contribution in [0.5, 0.6) is 0 Å². The van der Waals surface area contributed by atoms with Crippen LogP contribution in [0.25, 0.3) is 0 Å². The number of nitrogens with zero attached hydrogens (tertiary/aromatic N) is 1. The van der Waals surface area contributed by atoms with E-state index in [1.54, 1.807) is 48.5 Å². The zero-order chi connectivity index (χ0) is 18.7. The van der Waals surface area contributed by atoms with E-state index >= 15 is 4.39 Å². The van der Waals surface area contributed by atoms with Crippen molar-refractivity contribution in [1.82, 2.24) is 4.90 Å². The first kappa shape index (κ1) is 18.1. The summed E-state index contributed by atoms with van der Waals surface area (Å²) in [4.78, 5) is 25.4. The number of likely N-dealkylation sites (tertiary alicyclic amines) is 1. The highest BCUT2D eigenvalue weighted by molar-refractivity contribution is 6.30. The minimum Gasteiger partial charge on any atom is -0.335 e. The molecule has 4 nitrogen and oxygen atoms in total. The average molecular weight is 373 g/mol. The molecule has 6 heteroatoms. The van der Waals surface area contributed by atoms with E-state index in [9.17, 15) is 9.59 Å². The lowest BCUT2D eigenvalue weighted by Gasteiger charge is -2.22. The van der Waals surface area contributed by atoms with Crippen LogP contribution in [0.4, 0.5) is 10.1 Å². The summed E-state index contributed by atoms with van der Waals surface area (Å²) in [5.41, 5.74) is -0.107. The fraction of sp³-hybridized carbons (Fsp3) is 0.200. The van der Waals surface area contributed by atoms with Gasteiger partial charge in [0.15, 0.2) is 5.67 Å². The largest absolute Gasteiger partial charge is 0.335 e. The maximum absolute atomic E-state index is 15.3. The zero-order valence-corrected chi connectivity index (χ0v) is 14.8. The quantitative estimate of drug-likeness (QED) is 0.819. The van der Waals surface area contributed by atoms with E-state index < -0.39 is 5.67 Å². The van der Waals surface area contributed by atoms with E-state index in [0.29, 0.717) is 28.4 Å². The van der Waals surface area contributed by atoms with Gasteiger partial charge in [-0.1, -0.05) is 30.3 Å². The van der Waals surface area contributed by atoms with Gasteiger partial charge in [-0.3, -0.25) is 9.59 Å². The summed E-state index contributed by atoms with van der Waals surface area (Å²) in [5.74, 6) is -0.569. The Morgan fingerprint density at radius 1 is 1.23 bits per heavy atom. The third-order valence-corrected chi connectivity index (χ3v) is 4.67. The number of nitrogens with one attached hydrogen (secondary N) is 1. The number of hydrogen-bond acceptors (Lipinski definition) is 2. The molecule has 1 N–H and O–H groups in total. The van der Waals surface area contributed by atoms with Crippen molar-refractivity contribution in [2.45, 2.75) is 12.1 Å². The second-order valence-electron chi connectivity index (χ2n) is 6.22. The summed E-state index contributed by atoms with van der Waals surface area (Å²) in [6.07, 6.45) is 1.40. The molecule has 2 aromatic carbocycles. The predicted molar refractivity (Wildman–Crippen MR) is 100 cm³/mol. The summed E-state index contributed by atoms with van der Waals surface area (Å²) in [6.45, 7) is 3.70. The monoisotopic (exact) mass is 372 g/mol. The lowest BCUT2D eigenvalue weighted by atomic mass is 9.95. The molecule has 0 spiro atoms. The maximum atomic E-state index is 15.3. The number of carbonyl (C=O) groups excluding carboxylic acids is 2. The smallest absolute Gasteiger partial charge is 0.253 e. The van der Waals surface area contributed by atoms with E-state index in [-0.39, 0.29) is 24.8 Å². The number of halogens is 2. The number of hydrogen-bond donors (Lipinski definition) is 1. The Morgan fingerprint density at radius 3 is 2.62 bits per heavy atom. The molecule has 1 fully saturated rings. The van der Waals surface area contributed by atoms with E-state index in [0.717, 1.165) is 0 Å². The van der Waals surface area contributed by atoms with E-state index in [4.69, 9.17) is 11.6 Å². The maximum Gasteiger partial charge on any atom is 0.253 e. The number of anilines is 1. The molecule has 2 amide bonds. The highest BCUT2D eigenvalue weighted by Crippen LogP contribution is 2.37. The van der Waals surface area contributed by atoms with Gasteiger partial charge in [-0.25, -0.2) is 4.39 Å². The average Bonchev–Trinajstić information content (AvgIpc) is 3.05. The molecule has 1 aliphatic rings. The molecule has 2 aromatic rings. The topological polar surface area (TPSA) is 49.4 Å². The normalized spacial score (nSPS) is 19.2.